The number of nitrogens with zero attached hydrogens (tertiary/aromatic N) is 1. The van der Waals surface area contributed by atoms with E-state index in [1.165, 1.54) is 12.8 Å². The van der Waals surface area contributed by atoms with Gasteiger partial charge in [-0.05, 0) is 33.4 Å². The van der Waals surface area contributed by atoms with Crippen LogP contribution in [0.5, 0.6) is 0 Å². The quantitative estimate of drug-likeness (QED) is 0.669. The Labute approximate surface area is 81.1 Å². The fourth-order valence-electron chi connectivity index (χ4n) is 2.21. The number of aliphatic hydroxyl groups excluding tert-OH is 1. The number of hydrogen-bond donors (Lipinski definition) is 2. The third-order valence-corrected chi connectivity index (χ3v) is 2.95. The van der Waals surface area contributed by atoms with E-state index in [1.54, 1.807) is 0 Å². The van der Waals surface area contributed by atoms with Gasteiger partial charge in [-0.2, -0.15) is 0 Å². The monoisotopic (exact) mass is 186 g/mol. The Bertz CT molecular complexity index is 141. The van der Waals surface area contributed by atoms with Crippen LogP contribution in [0.1, 0.15) is 26.2 Å². The van der Waals surface area contributed by atoms with E-state index in [9.17, 15) is 5.11 Å². The normalized spacial score (nSPS) is 27.5. The number of hydrogen-bond acceptors (Lipinski definition) is 3. The van der Waals surface area contributed by atoms with E-state index < -0.39 is 0 Å². The Morgan fingerprint density at radius 1 is 1.54 bits per heavy atom. The van der Waals surface area contributed by atoms with Crippen molar-refractivity contribution in [2.75, 3.05) is 26.7 Å². The zero-order chi connectivity index (χ0) is 9.68. The van der Waals surface area contributed by atoms with E-state index in [0.29, 0.717) is 18.7 Å². The lowest BCUT2D eigenvalue weighted by atomic mass is 10.0. The first kappa shape index (κ1) is 11.0. The Morgan fingerprint density at radius 2 is 2.31 bits per heavy atom. The number of rotatable bonds is 4. The maximum atomic E-state index is 9.22. The van der Waals surface area contributed by atoms with Gasteiger partial charge >= 0.3 is 0 Å². The predicted octanol–water partition coefficient (Wildman–Crippen LogP) is 0.441. The van der Waals surface area contributed by atoms with E-state index in [4.69, 9.17) is 0 Å². The van der Waals surface area contributed by atoms with Crippen molar-refractivity contribution >= 4 is 0 Å². The van der Waals surface area contributed by atoms with Crippen LogP contribution in [0, 0.1) is 0 Å². The van der Waals surface area contributed by atoms with Gasteiger partial charge in [-0.3, -0.25) is 4.90 Å². The molecule has 13 heavy (non-hydrogen) atoms. The van der Waals surface area contributed by atoms with Gasteiger partial charge in [0, 0.05) is 18.6 Å². The molecule has 0 bridgehead atoms. The molecule has 0 radical (unpaired) electrons. The molecule has 0 aromatic carbocycles. The molecule has 3 nitrogen and oxygen atoms in total. The Hall–Kier alpha value is -0.120. The standard InChI is InChI=1S/C10H22N2O/c1-9(7-11-2)12-6-4-3-5-10(12)8-13/h9-11,13H,3-8H2,1-2H3. The average Bonchev–Trinajstić information content (AvgIpc) is 2.18. The van der Waals surface area contributed by atoms with Crippen molar-refractivity contribution < 1.29 is 5.11 Å². The molecule has 0 aliphatic carbocycles. The van der Waals surface area contributed by atoms with Crippen LogP contribution < -0.4 is 5.32 Å². The van der Waals surface area contributed by atoms with Gasteiger partial charge in [0.2, 0.25) is 0 Å². The van der Waals surface area contributed by atoms with Gasteiger partial charge in [0.25, 0.3) is 0 Å². The van der Waals surface area contributed by atoms with Crippen molar-refractivity contribution in [3.05, 3.63) is 0 Å². The maximum absolute atomic E-state index is 9.22. The maximum Gasteiger partial charge on any atom is 0.0586 e. The predicted molar refractivity (Wildman–Crippen MR) is 54.8 cm³/mol. The summed E-state index contributed by atoms with van der Waals surface area (Å²) in [6.45, 7) is 4.70. The molecule has 78 valence electrons. The van der Waals surface area contributed by atoms with Crippen LogP contribution in [0.4, 0.5) is 0 Å². The summed E-state index contributed by atoms with van der Waals surface area (Å²) in [6.07, 6.45) is 3.71. The van der Waals surface area contributed by atoms with Crippen LogP contribution >= 0.6 is 0 Å². The first-order valence-corrected chi connectivity index (χ1v) is 5.30. The number of piperidine rings is 1. The van der Waals surface area contributed by atoms with Gasteiger partial charge in [-0.1, -0.05) is 6.42 Å². The van der Waals surface area contributed by atoms with Gasteiger partial charge < -0.3 is 10.4 Å². The minimum Gasteiger partial charge on any atom is -0.395 e. The van der Waals surface area contributed by atoms with Crippen LogP contribution in [0.2, 0.25) is 0 Å². The summed E-state index contributed by atoms with van der Waals surface area (Å²) in [6, 6.07) is 0.944. The van der Waals surface area contributed by atoms with Crippen molar-refractivity contribution in [3.63, 3.8) is 0 Å². The SMILES string of the molecule is CNCC(C)N1CCCCC1CO. The summed E-state index contributed by atoms with van der Waals surface area (Å²) in [7, 11) is 1.98. The molecule has 2 unspecified atom stereocenters. The molecule has 1 aliphatic rings. The zero-order valence-electron chi connectivity index (χ0n) is 8.79. The Balaban J connectivity index is 2.43. The Kier molecular flexibility index (Phi) is 4.70. The number of nitrogens with one attached hydrogen (secondary N) is 1. The molecule has 1 saturated heterocycles. The van der Waals surface area contributed by atoms with E-state index in [2.05, 4.69) is 17.1 Å². The molecule has 3 heteroatoms. The molecule has 0 saturated carbocycles. The highest BCUT2D eigenvalue weighted by atomic mass is 16.3. The molecule has 1 rings (SSSR count). The highest BCUT2D eigenvalue weighted by Crippen LogP contribution is 2.18. The topological polar surface area (TPSA) is 35.5 Å². The molecule has 0 aromatic heterocycles. The number of likely N-dealkylation sites (N-methyl/N-ethyl adjacent to an activating group) is 1. The fourth-order valence-corrected chi connectivity index (χ4v) is 2.21. The molecule has 2 N–H and O–H groups in total. The van der Waals surface area contributed by atoms with E-state index in [0.717, 1.165) is 19.5 Å². The second kappa shape index (κ2) is 5.58. The molecule has 2 atom stereocenters. The molecular weight excluding hydrogens is 164 g/mol. The van der Waals surface area contributed by atoms with Gasteiger partial charge in [0.15, 0.2) is 0 Å². The van der Waals surface area contributed by atoms with Gasteiger partial charge in [0.1, 0.15) is 0 Å². The van der Waals surface area contributed by atoms with Crippen LogP contribution in [-0.4, -0.2) is 48.8 Å². The fraction of sp³-hybridized carbons (Fsp3) is 1.00. The second-order valence-corrected chi connectivity index (χ2v) is 3.98. The summed E-state index contributed by atoms with van der Waals surface area (Å²) in [4.78, 5) is 2.43. The molecule has 0 amide bonds. The number of likely N-dealkylation sites (tertiary alicyclic amines) is 1. The van der Waals surface area contributed by atoms with Crippen LogP contribution in [-0.2, 0) is 0 Å². The highest BCUT2D eigenvalue weighted by Gasteiger charge is 2.24. The Morgan fingerprint density at radius 3 is 2.92 bits per heavy atom. The number of aliphatic hydroxyl groups is 1. The van der Waals surface area contributed by atoms with Crippen molar-refractivity contribution in [1.82, 2.24) is 10.2 Å². The van der Waals surface area contributed by atoms with Crippen molar-refractivity contribution in [3.8, 4) is 0 Å². The first-order valence-electron chi connectivity index (χ1n) is 5.30. The lowest BCUT2D eigenvalue weighted by Gasteiger charge is -2.39. The van der Waals surface area contributed by atoms with Crippen LogP contribution in [0.15, 0.2) is 0 Å². The van der Waals surface area contributed by atoms with Crippen LogP contribution in [0.25, 0.3) is 0 Å². The molecule has 1 fully saturated rings. The van der Waals surface area contributed by atoms with E-state index >= 15 is 0 Å². The highest BCUT2D eigenvalue weighted by molar-refractivity contribution is 4.81. The molecular formula is C10H22N2O. The van der Waals surface area contributed by atoms with E-state index in [-0.39, 0.29) is 0 Å². The largest absolute Gasteiger partial charge is 0.395 e. The molecule has 0 spiro atoms. The average molecular weight is 186 g/mol. The summed E-state index contributed by atoms with van der Waals surface area (Å²) < 4.78 is 0. The molecule has 1 heterocycles. The first-order chi connectivity index (χ1) is 6.29. The molecule has 0 aromatic rings. The van der Waals surface area contributed by atoms with Crippen molar-refractivity contribution in [1.29, 1.82) is 0 Å². The molecule has 1 aliphatic heterocycles. The van der Waals surface area contributed by atoms with Gasteiger partial charge in [0.05, 0.1) is 6.61 Å². The minimum atomic E-state index is 0.314. The smallest absolute Gasteiger partial charge is 0.0586 e. The van der Waals surface area contributed by atoms with Crippen LogP contribution in [0.3, 0.4) is 0 Å². The lowest BCUT2D eigenvalue weighted by molar-refractivity contribution is 0.0597. The lowest BCUT2D eigenvalue weighted by Crippen LogP contribution is -2.49. The van der Waals surface area contributed by atoms with Crippen molar-refractivity contribution in [2.45, 2.75) is 38.3 Å². The van der Waals surface area contributed by atoms with E-state index in [1.807, 2.05) is 7.05 Å². The summed E-state index contributed by atoms with van der Waals surface area (Å²) in [5.74, 6) is 0. The summed E-state index contributed by atoms with van der Waals surface area (Å²) in [5.41, 5.74) is 0. The van der Waals surface area contributed by atoms with Gasteiger partial charge in [-0.15, -0.1) is 0 Å². The third kappa shape index (κ3) is 2.93. The minimum absolute atomic E-state index is 0.314. The van der Waals surface area contributed by atoms with Crippen molar-refractivity contribution in [2.24, 2.45) is 0 Å². The zero-order valence-corrected chi connectivity index (χ0v) is 8.79. The van der Waals surface area contributed by atoms with Gasteiger partial charge in [-0.25, -0.2) is 0 Å². The third-order valence-electron chi connectivity index (χ3n) is 2.95. The summed E-state index contributed by atoms with van der Waals surface area (Å²) >= 11 is 0. The second-order valence-electron chi connectivity index (χ2n) is 3.98. The summed E-state index contributed by atoms with van der Waals surface area (Å²) in [5, 5.41) is 12.4.